The molecule has 9 heteroatoms. The molecular formula is C14H23N3O5S. The van der Waals surface area contributed by atoms with E-state index in [0.29, 0.717) is 25.9 Å². The van der Waals surface area contributed by atoms with E-state index in [0.717, 1.165) is 0 Å². The molecule has 2 heterocycles. The Bertz CT molecular complexity index is 655. The number of aromatic nitrogens is 1. The maximum absolute atomic E-state index is 12.7. The van der Waals surface area contributed by atoms with Gasteiger partial charge in [0.15, 0.2) is 5.76 Å². The molecule has 1 aliphatic heterocycles. The van der Waals surface area contributed by atoms with E-state index in [1.165, 1.54) is 10.5 Å². The van der Waals surface area contributed by atoms with Crippen LogP contribution in [-0.2, 0) is 14.8 Å². The maximum atomic E-state index is 12.7. The lowest BCUT2D eigenvalue weighted by atomic mass is 9.88. The van der Waals surface area contributed by atoms with Crippen molar-refractivity contribution in [1.29, 1.82) is 0 Å². The molecule has 0 spiro atoms. The van der Waals surface area contributed by atoms with Crippen LogP contribution in [0.1, 0.15) is 25.0 Å². The van der Waals surface area contributed by atoms with Gasteiger partial charge < -0.3 is 14.5 Å². The molecule has 2 rings (SSSR count). The Morgan fingerprint density at radius 3 is 2.74 bits per heavy atom. The Kier molecular flexibility index (Phi) is 5.43. The van der Waals surface area contributed by atoms with Crippen molar-refractivity contribution in [3.8, 4) is 0 Å². The number of aryl methyl sites for hydroxylation is 1. The van der Waals surface area contributed by atoms with Crippen molar-refractivity contribution in [3.05, 3.63) is 12.0 Å². The monoisotopic (exact) mass is 345 g/mol. The second-order valence-electron chi connectivity index (χ2n) is 6.12. The Morgan fingerprint density at radius 1 is 1.52 bits per heavy atom. The predicted molar refractivity (Wildman–Crippen MR) is 82.5 cm³/mol. The molecule has 0 amide bonds. The van der Waals surface area contributed by atoms with E-state index in [9.17, 15) is 13.2 Å². The van der Waals surface area contributed by atoms with Gasteiger partial charge in [-0.3, -0.25) is 4.79 Å². The normalized spacial score (nSPS) is 23.3. The van der Waals surface area contributed by atoms with E-state index in [2.05, 4.69) is 5.16 Å². The molecule has 8 nitrogen and oxygen atoms in total. The number of sulfonamides is 1. The average molecular weight is 345 g/mol. The molecule has 0 aromatic carbocycles. The minimum atomic E-state index is -3.66. The summed E-state index contributed by atoms with van der Waals surface area (Å²) < 4.78 is 31.7. The van der Waals surface area contributed by atoms with E-state index in [4.69, 9.17) is 9.63 Å². The Morgan fingerprint density at radius 2 is 2.22 bits per heavy atom. The number of carbonyl (C=O) groups is 1. The number of rotatable bonds is 6. The molecule has 0 radical (unpaired) electrons. The second kappa shape index (κ2) is 6.98. The van der Waals surface area contributed by atoms with E-state index in [1.807, 2.05) is 19.0 Å². The summed E-state index contributed by atoms with van der Waals surface area (Å²) in [5.74, 6) is -0.621. The van der Waals surface area contributed by atoms with Gasteiger partial charge in [0.1, 0.15) is 4.90 Å². The van der Waals surface area contributed by atoms with E-state index >= 15 is 0 Å². The molecule has 2 atom stereocenters. The minimum absolute atomic E-state index is 0.0233. The number of aliphatic carboxylic acids is 1. The third kappa shape index (κ3) is 3.91. The number of carboxylic acid groups (broad SMARTS) is 1. The third-order valence-corrected chi connectivity index (χ3v) is 6.33. The van der Waals surface area contributed by atoms with Crippen molar-refractivity contribution in [3.63, 3.8) is 0 Å². The highest BCUT2D eigenvalue weighted by atomic mass is 32.2. The molecule has 1 aromatic rings. The standard InChI is InChI=1S/C14H23N3O5S/c1-10-13(8-15-22-10)23(20,21)17-7-6-12(16(2)3)11(9-17)4-5-14(18)19/h8,11-12H,4-7,9H2,1-3H3,(H,18,19)/t11-,12+/m1/s1. The van der Waals surface area contributed by atoms with Crippen molar-refractivity contribution in [2.45, 2.75) is 37.1 Å². The SMILES string of the molecule is Cc1oncc1S(=O)(=O)N1CC[C@H](N(C)C)[C@H](CCC(=O)O)C1. The fourth-order valence-corrected chi connectivity index (χ4v) is 4.74. The van der Waals surface area contributed by atoms with Gasteiger partial charge in [-0.1, -0.05) is 5.16 Å². The number of nitrogens with zero attached hydrogens (tertiary/aromatic N) is 3. The topological polar surface area (TPSA) is 104 Å². The smallest absolute Gasteiger partial charge is 0.303 e. The Balaban J connectivity index is 2.19. The van der Waals surface area contributed by atoms with Crippen LogP contribution in [0.15, 0.2) is 15.6 Å². The summed E-state index contributed by atoms with van der Waals surface area (Å²) >= 11 is 0. The van der Waals surface area contributed by atoms with Gasteiger partial charge in [-0.05, 0) is 39.8 Å². The first-order chi connectivity index (χ1) is 10.7. The van der Waals surface area contributed by atoms with E-state index in [-0.39, 0.29) is 29.0 Å². The van der Waals surface area contributed by atoms with Crippen LogP contribution in [0.2, 0.25) is 0 Å². The van der Waals surface area contributed by atoms with Gasteiger partial charge in [0, 0.05) is 25.6 Å². The van der Waals surface area contributed by atoms with Crippen LogP contribution in [0.4, 0.5) is 0 Å². The largest absolute Gasteiger partial charge is 0.481 e. The lowest BCUT2D eigenvalue weighted by Gasteiger charge is -2.40. The van der Waals surface area contributed by atoms with Crippen molar-refractivity contribution in [2.75, 3.05) is 27.2 Å². The van der Waals surface area contributed by atoms with Crippen LogP contribution in [0.3, 0.4) is 0 Å². The number of hydrogen-bond donors (Lipinski definition) is 1. The summed E-state index contributed by atoms with van der Waals surface area (Å²) in [7, 11) is 0.216. The number of piperidine rings is 1. The molecule has 1 N–H and O–H groups in total. The number of hydrogen-bond acceptors (Lipinski definition) is 6. The van der Waals surface area contributed by atoms with Crippen molar-refractivity contribution in [2.24, 2.45) is 5.92 Å². The highest BCUT2D eigenvalue weighted by Crippen LogP contribution is 2.29. The summed E-state index contributed by atoms with van der Waals surface area (Å²) in [5.41, 5.74) is 0. The Labute approximate surface area is 136 Å². The van der Waals surface area contributed by atoms with Crippen LogP contribution in [0.5, 0.6) is 0 Å². The first-order valence-corrected chi connectivity index (χ1v) is 8.97. The predicted octanol–water partition coefficient (Wildman–Crippen LogP) is 0.789. The van der Waals surface area contributed by atoms with Gasteiger partial charge in [0.2, 0.25) is 10.0 Å². The van der Waals surface area contributed by atoms with Crippen LogP contribution in [0, 0.1) is 12.8 Å². The average Bonchev–Trinajstić information content (AvgIpc) is 2.91. The van der Waals surface area contributed by atoms with Gasteiger partial charge in [0.05, 0.1) is 6.20 Å². The van der Waals surface area contributed by atoms with Crippen LogP contribution in [-0.4, -0.2) is 67.1 Å². The molecule has 1 aromatic heterocycles. The zero-order valence-electron chi connectivity index (χ0n) is 13.6. The zero-order chi connectivity index (χ0) is 17.2. The summed E-state index contributed by atoms with van der Waals surface area (Å²) in [6.45, 7) is 2.27. The zero-order valence-corrected chi connectivity index (χ0v) is 14.4. The highest BCUT2D eigenvalue weighted by molar-refractivity contribution is 7.89. The van der Waals surface area contributed by atoms with Crippen molar-refractivity contribution in [1.82, 2.24) is 14.4 Å². The van der Waals surface area contributed by atoms with E-state index < -0.39 is 16.0 Å². The summed E-state index contributed by atoms with van der Waals surface area (Å²) in [6.07, 6.45) is 2.37. The molecule has 1 aliphatic rings. The van der Waals surface area contributed by atoms with Crippen molar-refractivity contribution >= 4 is 16.0 Å². The van der Waals surface area contributed by atoms with Crippen LogP contribution < -0.4 is 0 Å². The third-order valence-electron chi connectivity index (χ3n) is 4.37. The second-order valence-corrected chi connectivity index (χ2v) is 8.03. The van der Waals surface area contributed by atoms with Crippen LogP contribution in [0.25, 0.3) is 0 Å². The highest BCUT2D eigenvalue weighted by Gasteiger charge is 2.37. The lowest BCUT2D eigenvalue weighted by molar-refractivity contribution is -0.137. The van der Waals surface area contributed by atoms with Gasteiger partial charge >= 0.3 is 5.97 Å². The van der Waals surface area contributed by atoms with Gasteiger partial charge in [-0.25, -0.2) is 8.42 Å². The molecule has 1 fully saturated rings. The fraction of sp³-hybridized carbons (Fsp3) is 0.714. The Hall–Kier alpha value is -1.45. The quantitative estimate of drug-likeness (QED) is 0.813. The summed E-state index contributed by atoms with van der Waals surface area (Å²) in [5, 5.41) is 12.5. The van der Waals surface area contributed by atoms with Gasteiger partial charge in [-0.2, -0.15) is 4.31 Å². The first-order valence-electron chi connectivity index (χ1n) is 7.53. The molecule has 0 saturated carbocycles. The molecule has 130 valence electrons. The minimum Gasteiger partial charge on any atom is -0.481 e. The molecule has 0 bridgehead atoms. The van der Waals surface area contributed by atoms with Crippen molar-refractivity contribution < 1.29 is 22.8 Å². The molecule has 23 heavy (non-hydrogen) atoms. The first kappa shape index (κ1) is 17.9. The van der Waals surface area contributed by atoms with Crippen LogP contribution >= 0.6 is 0 Å². The molecule has 1 saturated heterocycles. The summed E-state index contributed by atoms with van der Waals surface area (Å²) in [6, 6.07) is 0.171. The molecule has 0 aliphatic carbocycles. The van der Waals surface area contributed by atoms with Gasteiger partial charge in [0.25, 0.3) is 0 Å². The molecular weight excluding hydrogens is 322 g/mol. The lowest BCUT2D eigenvalue weighted by Crippen LogP contribution is -2.50. The van der Waals surface area contributed by atoms with E-state index in [1.54, 1.807) is 6.92 Å². The summed E-state index contributed by atoms with van der Waals surface area (Å²) in [4.78, 5) is 13.0. The fourth-order valence-electron chi connectivity index (χ4n) is 3.15. The maximum Gasteiger partial charge on any atom is 0.303 e. The number of carboxylic acids is 1. The van der Waals surface area contributed by atoms with Gasteiger partial charge in [-0.15, -0.1) is 0 Å². The molecule has 0 unspecified atom stereocenters.